The number of nitrogens with one attached hydrogen (secondary N) is 1. The van der Waals surface area contributed by atoms with Gasteiger partial charge < -0.3 is 19.7 Å². The van der Waals surface area contributed by atoms with E-state index >= 15 is 0 Å². The summed E-state index contributed by atoms with van der Waals surface area (Å²) in [7, 11) is 3.44. The highest BCUT2D eigenvalue weighted by molar-refractivity contribution is 5.42. The van der Waals surface area contributed by atoms with Crippen molar-refractivity contribution in [2.45, 2.75) is 32.2 Å². The number of nitrogens with zero attached hydrogens (tertiary/aromatic N) is 1. The van der Waals surface area contributed by atoms with Crippen molar-refractivity contribution in [3.8, 4) is 11.5 Å². The van der Waals surface area contributed by atoms with Crippen LogP contribution < -0.4 is 14.8 Å². The molecular weight excluding hydrogens is 264 g/mol. The van der Waals surface area contributed by atoms with E-state index in [2.05, 4.69) is 23.2 Å². The Bertz CT molecular complexity index is 431. The van der Waals surface area contributed by atoms with Gasteiger partial charge in [0.2, 0.25) is 0 Å². The lowest BCUT2D eigenvalue weighted by molar-refractivity contribution is 0.204. The first-order chi connectivity index (χ1) is 10.3. The van der Waals surface area contributed by atoms with Crippen molar-refractivity contribution in [3.63, 3.8) is 0 Å². The predicted octanol–water partition coefficient (Wildman–Crippen LogP) is 2.84. The summed E-state index contributed by atoms with van der Waals surface area (Å²) < 4.78 is 10.9. The Morgan fingerprint density at radius 1 is 1.14 bits per heavy atom. The maximum atomic E-state index is 5.55. The molecule has 118 valence electrons. The molecule has 1 fully saturated rings. The molecular formula is C17H28N2O2. The lowest BCUT2D eigenvalue weighted by Gasteiger charge is -2.31. The third kappa shape index (κ3) is 4.35. The molecule has 0 saturated carbocycles. The molecule has 0 radical (unpaired) electrons. The van der Waals surface area contributed by atoms with Gasteiger partial charge in [0.15, 0.2) is 0 Å². The Labute approximate surface area is 128 Å². The van der Waals surface area contributed by atoms with Crippen LogP contribution >= 0.6 is 0 Å². The summed E-state index contributed by atoms with van der Waals surface area (Å²) in [5, 5.41) is 3.60. The molecule has 1 unspecified atom stereocenters. The van der Waals surface area contributed by atoms with Crippen molar-refractivity contribution in [2.24, 2.45) is 0 Å². The molecule has 1 atom stereocenters. The lowest BCUT2D eigenvalue weighted by Crippen LogP contribution is -2.38. The van der Waals surface area contributed by atoms with Crippen molar-refractivity contribution in [3.05, 3.63) is 23.8 Å². The fourth-order valence-electron chi connectivity index (χ4n) is 3.03. The molecule has 4 nitrogen and oxygen atoms in total. The normalized spacial score (nSPS) is 17.5. The summed E-state index contributed by atoms with van der Waals surface area (Å²) in [5.41, 5.74) is 1.18. The highest BCUT2D eigenvalue weighted by atomic mass is 16.5. The first kappa shape index (κ1) is 16.1. The SMILES string of the molecule is CCNC(CN1CCCCC1)c1cc(OC)ccc1OC. The maximum absolute atomic E-state index is 5.55. The molecule has 1 aliphatic heterocycles. The van der Waals surface area contributed by atoms with E-state index in [1.54, 1.807) is 14.2 Å². The molecule has 1 aromatic rings. The van der Waals surface area contributed by atoms with E-state index in [1.807, 2.05) is 12.1 Å². The Morgan fingerprint density at radius 2 is 1.90 bits per heavy atom. The number of hydrogen-bond donors (Lipinski definition) is 1. The van der Waals surface area contributed by atoms with Gasteiger partial charge in [-0.25, -0.2) is 0 Å². The summed E-state index contributed by atoms with van der Waals surface area (Å²) in [4.78, 5) is 2.55. The summed E-state index contributed by atoms with van der Waals surface area (Å²) in [5.74, 6) is 1.81. The minimum atomic E-state index is 0.276. The maximum Gasteiger partial charge on any atom is 0.123 e. The highest BCUT2D eigenvalue weighted by Crippen LogP contribution is 2.30. The fourth-order valence-corrected chi connectivity index (χ4v) is 3.03. The van der Waals surface area contributed by atoms with Gasteiger partial charge in [-0.05, 0) is 50.7 Å². The predicted molar refractivity (Wildman–Crippen MR) is 86.3 cm³/mol. The molecule has 0 aliphatic carbocycles. The van der Waals surface area contributed by atoms with Crippen molar-refractivity contribution in [1.82, 2.24) is 10.2 Å². The van der Waals surface area contributed by atoms with Crippen LogP contribution in [0.2, 0.25) is 0 Å². The van der Waals surface area contributed by atoms with Gasteiger partial charge in [-0.3, -0.25) is 0 Å². The lowest BCUT2D eigenvalue weighted by atomic mass is 10.0. The summed E-state index contributed by atoms with van der Waals surface area (Å²) in [6, 6.07) is 6.31. The molecule has 1 N–H and O–H groups in total. The highest BCUT2D eigenvalue weighted by Gasteiger charge is 2.20. The molecule has 1 aliphatic rings. The van der Waals surface area contributed by atoms with Crippen molar-refractivity contribution in [1.29, 1.82) is 0 Å². The number of ether oxygens (including phenoxy) is 2. The fraction of sp³-hybridized carbons (Fsp3) is 0.647. The molecule has 21 heavy (non-hydrogen) atoms. The standard InChI is InChI=1S/C17H28N2O2/c1-4-18-16(13-19-10-6-5-7-11-19)15-12-14(20-2)8-9-17(15)21-3/h8-9,12,16,18H,4-7,10-11,13H2,1-3H3. The molecule has 1 heterocycles. The Kier molecular flexibility index (Phi) is 6.33. The van der Waals surface area contributed by atoms with Gasteiger partial charge in [-0.1, -0.05) is 13.3 Å². The summed E-state index contributed by atoms with van der Waals surface area (Å²) >= 11 is 0. The minimum absolute atomic E-state index is 0.276. The van der Waals surface area contributed by atoms with E-state index in [1.165, 1.54) is 37.9 Å². The molecule has 4 heteroatoms. The van der Waals surface area contributed by atoms with Crippen LogP contribution in [0.1, 0.15) is 37.8 Å². The van der Waals surface area contributed by atoms with Gasteiger partial charge in [-0.15, -0.1) is 0 Å². The molecule has 1 saturated heterocycles. The minimum Gasteiger partial charge on any atom is -0.497 e. The van der Waals surface area contributed by atoms with Gasteiger partial charge in [0.25, 0.3) is 0 Å². The van der Waals surface area contributed by atoms with E-state index in [0.29, 0.717) is 0 Å². The number of piperidine rings is 1. The first-order valence-electron chi connectivity index (χ1n) is 7.96. The van der Waals surface area contributed by atoms with E-state index in [0.717, 1.165) is 24.6 Å². The average molecular weight is 292 g/mol. The van der Waals surface area contributed by atoms with E-state index < -0.39 is 0 Å². The van der Waals surface area contributed by atoms with Crippen LogP contribution in [-0.2, 0) is 0 Å². The summed E-state index contributed by atoms with van der Waals surface area (Å²) in [6.45, 7) is 6.52. The second kappa shape index (κ2) is 8.25. The molecule has 0 spiro atoms. The van der Waals surface area contributed by atoms with Crippen molar-refractivity contribution in [2.75, 3.05) is 40.4 Å². The molecule has 1 aromatic carbocycles. The van der Waals surface area contributed by atoms with Gasteiger partial charge in [-0.2, -0.15) is 0 Å². The second-order valence-electron chi connectivity index (χ2n) is 5.58. The molecule has 0 amide bonds. The van der Waals surface area contributed by atoms with Crippen LogP contribution in [0.15, 0.2) is 18.2 Å². The number of likely N-dealkylation sites (tertiary alicyclic amines) is 1. The summed E-state index contributed by atoms with van der Waals surface area (Å²) in [6.07, 6.45) is 3.99. The largest absolute Gasteiger partial charge is 0.497 e. The molecule has 2 rings (SSSR count). The molecule has 0 aromatic heterocycles. The number of benzene rings is 1. The smallest absolute Gasteiger partial charge is 0.123 e. The van der Waals surface area contributed by atoms with Crippen molar-refractivity contribution >= 4 is 0 Å². The number of methoxy groups -OCH3 is 2. The van der Waals surface area contributed by atoms with E-state index in [-0.39, 0.29) is 6.04 Å². The van der Waals surface area contributed by atoms with Crippen molar-refractivity contribution < 1.29 is 9.47 Å². The second-order valence-corrected chi connectivity index (χ2v) is 5.58. The quantitative estimate of drug-likeness (QED) is 0.838. The Hall–Kier alpha value is -1.26. The van der Waals surface area contributed by atoms with Crippen LogP contribution in [0.25, 0.3) is 0 Å². The zero-order valence-electron chi connectivity index (χ0n) is 13.5. The Balaban J connectivity index is 2.18. The zero-order chi connectivity index (χ0) is 15.1. The van der Waals surface area contributed by atoms with Crippen LogP contribution in [0.3, 0.4) is 0 Å². The van der Waals surface area contributed by atoms with Gasteiger partial charge in [0.1, 0.15) is 11.5 Å². The van der Waals surface area contributed by atoms with Gasteiger partial charge in [0, 0.05) is 18.2 Å². The van der Waals surface area contributed by atoms with E-state index in [9.17, 15) is 0 Å². The third-order valence-electron chi connectivity index (χ3n) is 4.15. The van der Waals surface area contributed by atoms with Crippen LogP contribution in [0.4, 0.5) is 0 Å². The number of likely N-dealkylation sites (N-methyl/N-ethyl adjacent to an activating group) is 1. The molecule has 0 bridgehead atoms. The monoisotopic (exact) mass is 292 g/mol. The van der Waals surface area contributed by atoms with Crippen LogP contribution in [0, 0.1) is 0 Å². The van der Waals surface area contributed by atoms with Crippen LogP contribution in [-0.4, -0.2) is 45.3 Å². The number of rotatable bonds is 7. The topological polar surface area (TPSA) is 33.7 Å². The van der Waals surface area contributed by atoms with Crippen LogP contribution in [0.5, 0.6) is 11.5 Å². The van der Waals surface area contributed by atoms with E-state index in [4.69, 9.17) is 9.47 Å². The first-order valence-corrected chi connectivity index (χ1v) is 7.96. The average Bonchev–Trinajstić information content (AvgIpc) is 2.55. The zero-order valence-corrected chi connectivity index (χ0v) is 13.5. The van der Waals surface area contributed by atoms with Gasteiger partial charge in [0.05, 0.1) is 14.2 Å². The Morgan fingerprint density at radius 3 is 2.52 bits per heavy atom. The number of hydrogen-bond acceptors (Lipinski definition) is 4. The van der Waals surface area contributed by atoms with Gasteiger partial charge >= 0.3 is 0 Å². The third-order valence-corrected chi connectivity index (χ3v) is 4.15.